The minimum absolute atomic E-state index is 0.0327. The molecule has 1 aromatic rings. The first-order chi connectivity index (χ1) is 13.3. The number of hydrogen-bond donors (Lipinski definition) is 1. The van der Waals surface area contributed by atoms with E-state index in [0.29, 0.717) is 29.6 Å². The van der Waals surface area contributed by atoms with Crippen LogP contribution in [0.2, 0.25) is 0 Å². The van der Waals surface area contributed by atoms with Gasteiger partial charge in [0.15, 0.2) is 11.5 Å². The van der Waals surface area contributed by atoms with Crippen LogP contribution in [0.15, 0.2) is 18.2 Å². The summed E-state index contributed by atoms with van der Waals surface area (Å²) in [5, 5.41) is 2.84. The van der Waals surface area contributed by atoms with Crippen molar-refractivity contribution in [2.45, 2.75) is 26.8 Å². The number of amides is 5. The van der Waals surface area contributed by atoms with E-state index >= 15 is 0 Å². The molecule has 0 bridgehead atoms. The van der Waals surface area contributed by atoms with Crippen molar-refractivity contribution in [1.29, 1.82) is 0 Å². The van der Waals surface area contributed by atoms with Crippen molar-refractivity contribution in [1.82, 2.24) is 15.1 Å². The number of hydrogen-bond acceptors (Lipinski definition) is 6. The monoisotopic (exact) mass is 389 g/mol. The maximum atomic E-state index is 12.5. The zero-order valence-corrected chi connectivity index (χ0v) is 16.1. The Morgan fingerprint density at radius 3 is 2.32 bits per heavy atom. The number of nitrogens with one attached hydrogen (secondary N) is 1. The highest BCUT2D eigenvalue weighted by Crippen LogP contribution is 2.34. The van der Waals surface area contributed by atoms with Crippen molar-refractivity contribution in [3.8, 4) is 11.5 Å². The second-order valence-corrected chi connectivity index (χ2v) is 6.92. The number of likely N-dealkylation sites (N-methyl/N-ethyl adjacent to an activating group) is 1. The molecule has 0 spiro atoms. The summed E-state index contributed by atoms with van der Waals surface area (Å²) in [6, 6.07) is 4.31. The van der Waals surface area contributed by atoms with E-state index in [2.05, 4.69) is 5.32 Å². The van der Waals surface area contributed by atoms with Crippen LogP contribution in [-0.4, -0.2) is 59.9 Å². The molecule has 1 saturated heterocycles. The maximum absolute atomic E-state index is 12.5. The Kier molecular flexibility index (Phi) is 5.53. The number of rotatable bonds is 6. The molecule has 1 aromatic carbocycles. The van der Waals surface area contributed by atoms with Crippen molar-refractivity contribution in [3.63, 3.8) is 0 Å². The Hall–Kier alpha value is -3.10. The number of fused-ring (bicyclic) bond motifs is 1. The summed E-state index contributed by atoms with van der Waals surface area (Å²) in [5.41, 5.74) is 0.818. The van der Waals surface area contributed by atoms with Crippen LogP contribution in [0.4, 0.5) is 4.79 Å². The molecular weight excluding hydrogens is 366 g/mol. The molecule has 9 nitrogen and oxygen atoms in total. The van der Waals surface area contributed by atoms with Crippen molar-refractivity contribution in [2.24, 2.45) is 5.92 Å². The molecule has 1 fully saturated rings. The normalized spacial score (nSPS) is 17.4. The summed E-state index contributed by atoms with van der Waals surface area (Å²) in [6.07, 6.45) is 0. The molecule has 1 atom stereocenters. The second-order valence-electron chi connectivity index (χ2n) is 6.92. The Morgan fingerprint density at radius 2 is 1.71 bits per heavy atom. The van der Waals surface area contributed by atoms with Crippen LogP contribution in [0.25, 0.3) is 0 Å². The van der Waals surface area contributed by atoms with E-state index in [9.17, 15) is 19.2 Å². The van der Waals surface area contributed by atoms with E-state index in [1.54, 1.807) is 13.0 Å². The highest BCUT2D eigenvalue weighted by Gasteiger charge is 2.44. The van der Waals surface area contributed by atoms with Crippen LogP contribution in [0.1, 0.15) is 32.4 Å². The highest BCUT2D eigenvalue weighted by atomic mass is 16.6. The van der Waals surface area contributed by atoms with Crippen molar-refractivity contribution in [2.75, 3.05) is 26.3 Å². The van der Waals surface area contributed by atoms with Crippen LogP contribution in [-0.2, 0) is 14.4 Å². The van der Waals surface area contributed by atoms with Gasteiger partial charge in [-0.25, -0.2) is 9.69 Å². The SMILES string of the molecule is CCN1C(=O)C(=O)N(CC(=O)N[C@@H](c2ccc3c(c2)OCCO3)C(C)C)C1=O. The number of ether oxygens (including phenoxy) is 2. The first-order valence-corrected chi connectivity index (χ1v) is 9.19. The minimum atomic E-state index is -0.984. The first kappa shape index (κ1) is 19.7. The molecule has 0 aliphatic carbocycles. The fraction of sp³-hybridized carbons (Fsp3) is 0.474. The molecule has 150 valence electrons. The maximum Gasteiger partial charge on any atom is 0.334 e. The van der Waals surface area contributed by atoms with E-state index in [1.165, 1.54) is 0 Å². The van der Waals surface area contributed by atoms with Gasteiger partial charge in [0.25, 0.3) is 0 Å². The fourth-order valence-electron chi connectivity index (χ4n) is 3.22. The molecule has 3 rings (SSSR count). The number of nitrogens with zero attached hydrogens (tertiary/aromatic N) is 2. The van der Waals surface area contributed by atoms with Gasteiger partial charge in [-0.2, -0.15) is 0 Å². The molecule has 0 radical (unpaired) electrons. The fourth-order valence-corrected chi connectivity index (χ4v) is 3.22. The largest absolute Gasteiger partial charge is 0.486 e. The van der Waals surface area contributed by atoms with Crippen molar-refractivity contribution in [3.05, 3.63) is 23.8 Å². The third-order valence-corrected chi connectivity index (χ3v) is 4.66. The summed E-state index contributed by atoms with van der Waals surface area (Å²) in [7, 11) is 0. The third-order valence-electron chi connectivity index (χ3n) is 4.66. The number of urea groups is 1. The van der Waals surface area contributed by atoms with Gasteiger partial charge < -0.3 is 14.8 Å². The van der Waals surface area contributed by atoms with Crippen LogP contribution < -0.4 is 14.8 Å². The van der Waals surface area contributed by atoms with Crippen LogP contribution in [0.3, 0.4) is 0 Å². The van der Waals surface area contributed by atoms with Gasteiger partial charge in [0.2, 0.25) is 5.91 Å². The van der Waals surface area contributed by atoms with Gasteiger partial charge in [-0.3, -0.25) is 19.3 Å². The predicted octanol–water partition coefficient (Wildman–Crippen LogP) is 1.08. The van der Waals surface area contributed by atoms with Gasteiger partial charge in [-0.05, 0) is 30.5 Å². The number of imide groups is 2. The zero-order chi connectivity index (χ0) is 20.4. The molecule has 2 aliphatic heterocycles. The average Bonchev–Trinajstić information content (AvgIpc) is 2.88. The molecule has 0 saturated carbocycles. The molecule has 9 heteroatoms. The van der Waals surface area contributed by atoms with E-state index < -0.39 is 30.3 Å². The van der Waals surface area contributed by atoms with Gasteiger partial charge >= 0.3 is 17.8 Å². The van der Waals surface area contributed by atoms with E-state index in [1.807, 2.05) is 26.0 Å². The van der Waals surface area contributed by atoms with Gasteiger partial charge in [-0.1, -0.05) is 19.9 Å². The van der Waals surface area contributed by atoms with E-state index in [-0.39, 0.29) is 18.5 Å². The minimum Gasteiger partial charge on any atom is -0.486 e. The lowest BCUT2D eigenvalue weighted by atomic mass is 9.95. The smallest absolute Gasteiger partial charge is 0.334 e. The Labute approximate surface area is 162 Å². The highest BCUT2D eigenvalue weighted by molar-refractivity contribution is 6.45. The average molecular weight is 389 g/mol. The van der Waals surface area contributed by atoms with E-state index in [0.717, 1.165) is 10.5 Å². The van der Waals surface area contributed by atoms with Crippen molar-refractivity contribution < 1.29 is 28.7 Å². The molecule has 28 heavy (non-hydrogen) atoms. The Balaban J connectivity index is 1.73. The number of carbonyl (C=O) groups excluding carboxylic acids is 4. The third kappa shape index (κ3) is 3.64. The summed E-state index contributed by atoms with van der Waals surface area (Å²) in [4.78, 5) is 49.9. The van der Waals surface area contributed by atoms with Crippen LogP contribution in [0.5, 0.6) is 11.5 Å². The van der Waals surface area contributed by atoms with Crippen LogP contribution in [0, 0.1) is 5.92 Å². The second kappa shape index (κ2) is 7.87. The standard InChI is InChI=1S/C19H23N3O6/c1-4-21-17(24)18(25)22(19(21)26)10-15(23)20-16(11(2)3)12-5-6-13-14(9-12)28-8-7-27-13/h5-6,9,11,16H,4,7-8,10H2,1-3H3,(H,20,23)/t16-/m1/s1. The number of benzene rings is 1. The molecule has 2 heterocycles. The molecule has 5 amide bonds. The molecule has 2 aliphatic rings. The molecule has 0 aromatic heterocycles. The van der Waals surface area contributed by atoms with E-state index in [4.69, 9.17) is 9.47 Å². The molecule has 0 unspecified atom stereocenters. The summed E-state index contributed by atoms with van der Waals surface area (Å²) in [5.74, 6) is -1.13. The Morgan fingerprint density at radius 1 is 1.07 bits per heavy atom. The summed E-state index contributed by atoms with van der Waals surface area (Å²) in [6.45, 7) is 5.98. The Bertz CT molecular complexity index is 822. The lowest BCUT2D eigenvalue weighted by molar-refractivity contribution is -0.144. The predicted molar refractivity (Wildman–Crippen MR) is 97.6 cm³/mol. The lowest BCUT2D eigenvalue weighted by Crippen LogP contribution is -2.43. The first-order valence-electron chi connectivity index (χ1n) is 9.19. The topological polar surface area (TPSA) is 105 Å². The van der Waals surface area contributed by atoms with Crippen LogP contribution >= 0.6 is 0 Å². The van der Waals surface area contributed by atoms with Crippen molar-refractivity contribution >= 4 is 23.8 Å². The molecule has 1 N–H and O–H groups in total. The summed E-state index contributed by atoms with van der Waals surface area (Å²) < 4.78 is 11.1. The zero-order valence-electron chi connectivity index (χ0n) is 16.1. The number of carbonyl (C=O) groups is 4. The lowest BCUT2D eigenvalue weighted by Gasteiger charge is -2.26. The summed E-state index contributed by atoms with van der Waals surface area (Å²) >= 11 is 0. The van der Waals surface area contributed by atoms with Gasteiger partial charge in [0.05, 0.1) is 6.04 Å². The van der Waals surface area contributed by atoms with Gasteiger partial charge in [0.1, 0.15) is 19.8 Å². The molecular formula is C19H23N3O6. The quantitative estimate of drug-likeness (QED) is 0.577. The van der Waals surface area contributed by atoms with Gasteiger partial charge in [0, 0.05) is 6.54 Å². The van der Waals surface area contributed by atoms with Gasteiger partial charge in [-0.15, -0.1) is 0 Å².